The normalized spacial score (nSPS) is 28.6. The molecule has 1 saturated heterocycles. The highest BCUT2D eigenvalue weighted by atomic mass is 15.2. The van der Waals surface area contributed by atoms with Crippen LogP contribution >= 0.6 is 0 Å². The van der Waals surface area contributed by atoms with Gasteiger partial charge < -0.3 is 5.32 Å². The molecule has 1 rings (SSSR count). The molecular formula is C15H29N3. The molecule has 1 unspecified atom stereocenters. The second kappa shape index (κ2) is 7.11. The van der Waals surface area contributed by atoms with Crippen molar-refractivity contribution in [1.82, 2.24) is 10.2 Å². The number of hydrogen-bond donors (Lipinski definition) is 1. The lowest BCUT2D eigenvalue weighted by molar-refractivity contribution is 0.101. The maximum absolute atomic E-state index is 9.09. The Morgan fingerprint density at radius 1 is 1.28 bits per heavy atom. The van der Waals surface area contributed by atoms with E-state index in [1.165, 1.54) is 32.2 Å². The molecular weight excluding hydrogens is 222 g/mol. The minimum Gasteiger partial charge on any atom is -0.303 e. The molecule has 1 aliphatic rings. The third-order valence-electron chi connectivity index (χ3n) is 4.52. The molecule has 104 valence electrons. The zero-order chi connectivity index (χ0) is 13.6. The first-order chi connectivity index (χ1) is 8.52. The fourth-order valence-electron chi connectivity index (χ4n) is 2.93. The number of piperidine rings is 1. The molecule has 1 aliphatic heterocycles. The topological polar surface area (TPSA) is 39.1 Å². The quantitative estimate of drug-likeness (QED) is 0.738. The summed E-state index contributed by atoms with van der Waals surface area (Å²) < 4.78 is 0. The Balaban J connectivity index is 2.27. The molecule has 0 radical (unpaired) electrons. The maximum atomic E-state index is 9.09. The van der Waals surface area contributed by atoms with Crippen LogP contribution in [0.15, 0.2) is 0 Å². The molecule has 0 spiro atoms. The van der Waals surface area contributed by atoms with Crippen LogP contribution in [-0.4, -0.2) is 36.1 Å². The van der Waals surface area contributed by atoms with Gasteiger partial charge >= 0.3 is 0 Å². The van der Waals surface area contributed by atoms with Crippen molar-refractivity contribution < 1.29 is 0 Å². The molecule has 1 heterocycles. The summed E-state index contributed by atoms with van der Waals surface area (Å²) >= 11 is 0. The van der Waals surface area contributed by atoms with E-state index in [0.29, 0.717) is 0 Å². The summed E-state index contributed by atoms with van der Waals surface area (Å²) in [6.07, 6.45) is 7.34. The van der Waals surface area contributed by atoms with Gasteiger partial charge in [-0.3, -0.25) is 4.90 Å². The standard InChI is InChI=1S/C15H29N3/c1-13-8-7-9-14(2)18(13)11-6-5-10-15(3,12-16)17-4/h13-14,17H,5-11H2,1-4H3/t13-,14+,15?. The Bertz CT molecular complexity index is 274. The number of hydrogen-bond acceptors (Lipinski definition) is 3. The minimum atomic E-state index is -0.348. The van der Waals surface area contributed by atoms with Gasteiger partial charge in [0.2, 0.25) is 0 Å². The van der Waals surface area contributed by atoms with Gasteiger partial charge in [0.05, 0.1) is 6.07 Å². The predicted molar refractivity (Wildman–Crippen MR) is 76.4 cm³/mol. The molecule has 3 nitrogen and oxygen atoms in total. The van der Waals surface area contributed by atoms with E-state index in [0.717, 1.165) is 24.9 Å². The van der Waals surface area contributed by atoms with E-state index < -0.39 is 0 Å². The van der Waals surface area contributed by atoms with Crippen molar-refractivity contribution in [2.75, 3.05) is 13.6 Å². The van der Waals surface area contributed by atoms with Crippen LogP contribution in [0, 0.1) is 11.3 Å². The van der Waals surface area contributed by atoms with Gasteiger partial charge in [0, 0.05) is 12.1 Å². The second-order valence-electron chi connectivity index (χ2n) is 6.02. The number of nitrogens with one attached hydrogen (secondary N) is 1. The summed E-state index contributed by atoms with van der Waals surface area (Å²) in [7, 11) is 1.87. The molecule has 0 aromatic rings. The molecule has 1 fully saturated rings. The molecule has 0 saturated carbocycles. The summed E-state index contributed by atoms with van der Waals surface area (Å²) in [5.41, 5.74) is -0.348. The minimum absolute atomic E-state index is 0.348. The van der Waals surface area contributed by atoms with Gasteiger partial charge in [0.25, 0.3) is 0 Å². The Morgan fingerprint density at radius 2 is 1.89 bits per heavy atom. The molecule has 3 atom stereocenters. The first kappa shape index (κ1) is 15.5. The van der Waals surface area contributed by atoms with E-state index in [9.17, 15) is 0 Å². The number of nitriles is 1. The first-order valence-electron chi connectivity index (χ1n) is 7.38. The van der Waals surface area contributed by atoms with Crippen molar-refractivity contribution in [2.24, 2.45) is 0 Å². The Labute approximate surface area is 113 Å². The van der Waals surface area contributed by atoms with E-state index in [-0.39, 0.29) is 5.54 Å². The Hall–Kier alpha value is -0.590. The van der Waals surface area contributed by atoms with Crippen LogP contribution in [0.1, 0.15) is 59.3 Å². The van der Waals surface area contributed by atoms with Gasteiger partial charge in [-0.2, -0.15) is 5.26 Å². The lowest BCUT2D eigenvalue weighted by Gasteiger charge is -2.39. The van der Waals surface area contributed by atoms with E-state index in [1.807, 2.05) is 14.0 Å². The van der Waals surface area contributed by atoms with Gasteiger partial charge in [-0.15, -0.1) is 0 Å². The molecule has 18 heavy (non-hydrogen) atoms. The number of unbranched alkanes of at least 4 members (excludes halogenated alkanes) is 1. The van der Waals surface area contributed by atoms with Crippen LogP contribution in [0.2, 0.25) is 0 Å². The van der Waals surface area contributed by atoms with Crippen LogP contribution in [0.5, 0.6) is 0 Å². The lowest BCUT2D eigenvalue weighted by Crippen LogP contribution is -2.44. The summed E-state index contributed by atoms with van der Waals surface area (Å²) in [5.74, 6) is 0. The molecule has 1 N–H and O–H groups in total. The van der Waals surface area contributed by atoms with E-state index in [1.54, 1.807) is 0 Å². The molecule has 0 aromatic heterocycles. The van der Waals surface area contributed by atoms with Crippen molar-refractivity contribution in [3.8, 4) is 6.07 Å². The molecule has 3 heteroatoms. The summed E-state index contributed by atoms with van der Waals surface area (Å²) in [5, 5.41) is 12.2. The molecule has 0 bridgehead atoms. The highest BCUT2D eigenvalue weighted by Crippen LogP contribution is 2.23. The van der Waals surface area contributed by atoms with Gasteiger partial charge in [0.15, 0.2) is 0 Å². The lowest BCUT2D eigenvalue weighted by atomic mass is 9.95. The second-order valence-corrected chi connectivity index (χ2v) is 6.02. The van der Waals surface area contributed by atoms with Crippen molar-refractivity contribution in [3.63, 3.8) is 0 Å². The number of likely N-dealkylation sites (tertiary alicyclic amines) is 1. The van der Waals surface area contributed by atoms with E-state index in [2.05, 4.69) is 30.1 Å². The highest BCUT2D eigenvalue weighted by Gasteiger charge is 2.24. The third-order valence-corrected chi connectivity index (χ3v) is 4.52. The summed E-state index contributed by atoms with van der Waals surface area (Å²) in [6.45, 7) is 7.87. The van der Waals surface area contributed by atoms with Gasteiger partial charge in [-0.25, -0.2) is 0 Å². The van der Waals surface area contributed by atoms with Crippen molar-refractivity contribution >= 4 is 0 Å². The average molecular weight is 251 g/mol. The van der Waals surface area contributed by atoms with Crippen LogP contribution < -0.4 is 5.32 Å². The Morgan fingerprint density at radius 3 is 2.39 bits per heavy atom. The zero-order valence-electron chi connectivity index (χ0n) is 12.5. The highest BCUT2D eigenvalue weighted by molar-refractivity contribution is 5.02. The fourth-order valence-corrected chi connectivity index (χ4v) is 2.93. The Kier molecular flexibility index (Phi) is 6.11. The predicted octanol–water partition coefficient (Wildman–Crippen LogP) is 2.92. The zero-order valence-corrected chi connectivity index (χ0v) is 12.5. The van der Waals surface area contributed by atoms with Crippen molar-refractivity contribution in [3.05, 3.63) is 0 Å². The van der Waals surface area contributed by atoms with Gasteiger partial charge in [-0.1, -0.05) is 6.42 Å². The van der Waals surface area contributed by atoms with Crippen molar-refractivity contribution in [1.29, 1.82) is 5.26 Å². The number of rotatable bonds is 6. The summed E-state index contributed by atoms with van der Waals surface area (Å²) in [4.78, 5) is 2.65. The monoisotopic (exact) mass is 251 g/mol. The average Bonchev–Trinajstić information content (AvgIpc) is 2.37. The smallest absolute Gasteiger partial charge is 0.103 e. The van der Waals surface area contributed by atoms with E-state index >= 15 is 0 Å². The maximum Gasteiger partial charge on any atom is 0.103 e. The fraction of sp³-hybridized carbons (Fsp3) is 0.933. The van der Waals surface area contributed by atoms with Crippen LogP contribution in [-0.2, 0) is 0 Å². The number of nitrogens with zero attached hydrogens (tertiary/aromatic N) is 2. The van der Waals surface area contributed by atoms with Crippen LogP contribution in [0.3, 0.4) is 0 Å². The molecule has 0 amide bonds. The molecule has 0 aliphatic carbocycles. The summed E-state index contributed by atoms with van der Waals surface area (Å²) in [6, 6.07) is 3.83. The molecule has 0 aromatic carbocycles. The van der Waals surface area contributed by atoms with Crippen LogP contribution in [0.4, 0.5) is 0 Å². The largest absolute Gasteiger partial charge is 0.303 e. The third kappa shape index (κ3) is 4.26. The van der Waals surface area contributed by atoms with Gasteiger partial charge in [0.1, 0.15) is 5.54 Å². The van der Waals surface area contributed by atoms with Gasteiger partial charge in [-0.05, 0) is 66.5 Å². The van der Waals surface area contributed by atoms with E-state index in [4.69, 9.17) is 5.26 Å². The van der Waals surface area contributed by atoms with Crippen molar-refractivity contribution in [2.45, 2.75) is 76.9 Å². The SMILES string of the molecule is CNC(C)(C#N)CCCCN1[C@H](C)CCC[C@@H]1C. The van der Waals surface area contributed by atoms with Crippen LogP contribution in [0.25, 0.3) is 0 Å². The first-order valence-corrected chi connectivity index (χ1v) is 7.38.